The lowest BCUT2D eigenvalue weighted by Gasteiger charge is -2.21. The number of carbonyl (C=O) groups is 1. The fourth-order valence-electron chi connectivity index (χ4n) is 5.05. The predicted octanol–water partition coefficient (Wildman–Crippen LogP) is 6.14. The van der Waals surface area contributed by atoms with E-state index in [1.807, 2.05) is 35.0 Å². The summed E-state index contributed by atoms with van der Waals surface area (Å²) >= 11 is 0. The van der Waals surface area contributed by atoms with Gasteiger partial charge in [-0.15, -0.1) is 0 Å². The van der Waals surface area contributed by atoms with Gasteiger partial charge in [-0.1, -0.05) is 54.6 Å². The van der Waals surface area contributed by atoms with Crippen LogP contribution in [0.25, 0.3) is 39.5 Å². The molecule has 40 heavy (non-hydrogen) atoms. The molecule has 0 radical (unpaired) electrons. The molecule has 0 spiro atoms. The van der Waals surface area contributed by atoms with Crippen LogP contribution in [0.15, 0.2) is 60.7 Å². The number of aliphatic carboxylic acids is 1. The highest BCUT2D eigenvalue weighted by atomic mass is 19.1. The van der Waals surface area contributed by atoms with Gasteiger partial charge in [-0.25, -0.2) is 14.1 Å². The number of pyridine rings is 1. The van der Waals surface area contributed by atoms with E-state index in [4.69, 9.17) is 15.2 Å². The smallest absolute Gasteiger partial charge is 0.305 e. The third-order valence-corrected chi connectivity index (χ3v) is 7.07. The van der Waals surface area contributed by atoms with E-state index in [0.717, 1.165) is 57.5 Å². The summed E-state index contributed by atoms with van der Waals surface area (Å²) in [5.74, 6) is -1.23. The number of aliphatic hydroxyl groups excluding tert-OH is 2. The van der Waals surface area contributed by atoms with Crippen molar-refractivity contribution in [2.75, 3.05) is 0 Å². The van der Waals surface area contributed by atoms with Crippen molar-refractivity contribution in [3.05, 3.63) is 77.7 Å². The number of rotatable bonds is 9. The average molecular weight is 544 g/mol. The highest BCUT2D eigenvalue weighted by Crippen LogP contribution is 2.47. The number of hydrogen-bond donors (Lipinski definition) is 3. The van der Waals surface area contributed by atoms with Crippen molar-refractivity contribution in [1.82, 2.24) is 14.8 Å². The van der Waals surface area contributed by atoms with Crippen molar-refractivity contribution >= 4 is 23.1 Å². The number of carboxylic acids is 1. The largest absolute Gasteiger partial charge is 0.481 e. The van der Waals surface area contributed by atoms with Gasteiger partial charge in [-0.2, -0.15) is 5.10 Å². The molecule has 2 aromatic carbocycles. The molecule has 0 amide bonds. The van der Waals surface area contributed by atoms with E-state index < -0.39 is 24.6 Å². The first-order valence-corrected chi connectivity index (χ1v) is 13.6. The van der Waals surface area contributed by atoms with E-state index in [1.54, 1.807) is 24.3 Å². The Morgan fingerprint density at radius 3 is 2.35 bits per heavy atom. The first-order chi connectivity index (χ1) is 19.0. The van der Waals surface area contributed by atoms with Crippen LogP contribution < -0.4 is 0 Å². The van der Waals surface area contributed by atoms with E-state index in [2.05, 4.69) is 20.8 Å². The fraction of sp³-hybridized carbons (Fsp3) is 0.344. The number of aromatic nitrogens is 3. The average Bonchev–Trinajstić information content (AvgIpc) is 3.66. The maximum absolute atomic E-state index is 14.1. The van der Waals surface area contributed by atoms with Gasteiger partial charge in [0.2, 0.25) is 0 Å². The number of hydrogen-bond acceptors (Lipinski definition) is 5. The summed E-state index contributed by atoms with van der Waals surface area (Å²) in [6, 6.07) is 16.2. The molecule has 4 aromatic rings. The van der Waals surface area contributed by atoms with E-state index in [9.17, 15) is 19.4 Å². The van der Waals surface area contributed by atoms with Gasteiger partial charge in [0.05, 0.1) is 35.2 Å². The molecule has 2 atom stereocenters. The SMILES string of the molecule is CC(C)(C)n1nc(-c2ccccc2)c2c(-c3ccc(F)cc3)c(C=CC(O)CC(O)CC(=O)O)c(C3CC3)nc21. The predicted molar refractivity (Wildman–Crippen MR) is 153 cm³/mol. The highest BCUT2D eigenvalue weighted by Gasteiger charge is 2.33. The van der Waals surface area contributed by atoms with Crippen LogP contribution in [-0.4, -0.2) is 48.3 Å². The monoisotopic (exact) mass is 543 g/mol. The Hall–Kier alpha value is -3.88. The molecule has 208 valence electrons. The molecule has 2 aromatic heterocycles. The molecule has 3 N–H and O–H groups in total. The Balaban J connectivity index is 1.79. The molecular weight excluding hydrogens is 509 g/mol. The van der Waals surface area contributed by atoms with Crippen LogP contribution in [0.4, 0.5) is 4.39 Å². The topological polar surface area (TPSA) is 108 Å². The number of fused-ring (bicyclic) bond motifs is 1. The Bertz CT molecular complexity index is 1550. The molecule has 2 unspecified atom stereocenters. The lowest BCUT2D eigenvalue weighted by Crippen LogP contribution is -2.23. The summed E-state index contributed by atoms with van der Waals surface area (Å²) in [6.07, 6.45) is 2.55. The maximum Gasteiger partial charge on any atom is 0.305 e. The highest BCUT2D eigenvalue weighted by molar-refractivity contribution is 6.06. The molecule has 0 bridgehead atoms. The van der Waals surface area contributed by atoms with Crippen molar-refractivity contribution in [2.45, 2.75) is 70.1 Å². The quantitative estimate of drug-likeness (QED) is 0.234. The van der Waals surface area contributed by atoms with Gasteiger partial charge in [0, 0.05) is 29.0 Å². The fourth-order valence-corrected chi connectivity index (χ4v) is 5.05. The second-order valence-corrected chi connectivity index (χ2v) is 11.5. The van der Waals surface area contributed by atoms with Gasteiger partial charge in [0.15, 0.2) is 5.65 Å². The van der Waals surface area contributed by atoms with Crippen molar-refractivity contribution in [2.24, 2.45) is 0 Å². The number of benzene rings is 2. The van der Waals surface area contributed by atoms with Gasteiger partial charge in [0.25, 0.3) is 0 Å². The van der Waals surface area contributed by atoms with Crippen molar-refractivity contribution in [3.63, 3.8) is 0 Å². The minimum absolute atomic E-state index is 0.111. The Kier molecular flexibility index (Phi) is 7.57. The molecule has 0 aliphatic heterocycles. The molecule has 2 heterocycles. The summed E-state index contributed by atoms with van der Waals surface area (Å²) in [6.45, 7) is 6.24. The molecule has 1 aliphatic carbocycles. The second-order valence-electron chi connectivity index (χ2n) is 11.5. The lowest BCUT2D eigenvalue weighted by molar-refractivity contribution is -0.139. The molecule has 1 fully saturated rings. The molecule has 0 saturated heterocycles. The molecule has 8 heteroatoms. The van der Waals surface area contributed by atoms with E-state index in [1.165, 1.54) is 12.1 Å². The standard InChI is InChI=1S/C32H34FN3O4/c1-32(2,3)36-31-28(30(35-36)20-7-5-4-6-8-20)27(19-11-13-22(33)14-12-19)25(29(34-31)21-9-10-21)16-15-23(37)17-24(38)18-26(39)40/h4-8,11-16,21,23-24,37-38H,9-10,17-18H2,1-3H3,(H,39,40). The van der Waals surface area contributed by atoms with Crippen LogP contribution in [0.1, 0.15) is 63.6 Å². The van der Waals surface area contributed by atoms with Crippen LogP contribution in [0.3, 0.4) is 0 Å². The van der Waals surface area contributed by atoms with Crippen LogP contribution in [0, 0.1) is 5.82 Å². The molecular formula is C32H34FN3O4. The van der Waals surface area contributed by atoms with Gasteiger partial charge in [0.1, 0.15) is 11.5 Å². The zero-order valence-corrected chi connectivity index (χ0v) is 22.9. The first kappa shape index (κ1) is 27.7. The molecule has 1 saturated carbocycles. The number of halogens is 1. The molecule has 1 aliphatic rings. The Morgan fingerprint density at radius 2 is 1.75 bits per heavy atom. The number of carboxylic acid groups (broad SMARTS) is 1. The number of aliphatic hydroxyl groups is 2. The third-order valence-electron chi connectivity index (χ3n) is 7.07. The zero-order valence-electron chi connectivity index (χ0n) is 22.9. The third kappa shape index (κ3) is 5.83. The van der Waals surface area contributed by atoms with Crippen molar-refractivity contribution < 1.29 is 24.5 Å². The molecule has 5 rings (SSSR count). The van der Waals surface area contributed by atoms with Gasteiger partial charge in [-0.3, -0.25) is 4.79 Å². The summed E-state index contributed by atoms with van der Waals surface area (Å²) in [7, 11) is 0. The van der Waals surface area contributed by atoms with Gasteiger partial charge in [-0.05, 0) is 51.3 Å². The van der Waals surface area contributed by atoms with Gasteiger partial charge >= 0.3 is 5.97 Å². The van der Waals surface area contributed by atoms with Crippen molar-refractivity contribution in [3.8, 4) is 22.4 Å². The minimum Gasteiger partial charge on any atom is -0.481 e. The normalized spacial score (nSPS) is 15.6. The lowest BCUT2D eigenvalue weighted by atomic mass is 9.91. The summed E-state index contributed by atoms with van der Waals surface area (Å²) < 4.78 is 16.0. The zero-order chi connectivity index (χ0) is 28.6. The van der Waals surface area contributed by atoms with E-state index in [0.29, 0.717) is 0 Å². The van der Waals surface area contributed by atoms with Crippen LogP contribution >= 0.6 is 0 Å². The summed E-state index contributed by atoms with van der Waals surface area (Å²) in [4.78, 5) is 16.2. The van der Waals surface area contributed by atoms with E-state index in [-0.39, 0.29) is 23.7 Å². The summed E-state index contributed by atoms with van der Waals surface area (Å²) in [5.41, 5.74) is 5.37. The Morgan fingerprint density at radius 1 is 1.07 bits per heavy atom. The van der Waals surface area contributed by atoms with Crippen molar-refractivity contribution in [1.29, 1.82) is 0 Å². The van der Waals surface area contributed by atoms with Gasteiger partial charge < -0.3 is 15.3 Å². The van der Waals surface area contributed by atoms with Crippen LogP contribution in [-0.2, 0) is 10.3 Å². The summed E-state index contributed by atoms with van der Waals surface area (Å²) in [5, 5.41) is 35.6. The maximum atomic E-state index is 14.1. The minimum atomic E-state index is -1.17. The first-order valence-electron chi connectivity index (χ1n) is 13.6. The number of nitrogens with zero attached hydrogens (tertiary/aromatic N) is 3. The van der Waals surface area contributed by atoms with Crippen LogP contribution in [0.5, 0.6) is 0 Å². The van der Waals surface area contributed by atoms with E-state index >= 15 is 0 Å². The Labute approximate surface area is 232 Å². The van der Waals surface area contributed by atoms with Crippen LogP contribution in [0.2, 0.25) is 0 Å². The second kappa shape index (κ2) is 10.9. The molecule has 7 nitrogen and oxygen atoms in total.